The van der Waals surface area contributed by atoms with Gasteiger partial charge in [0.25, 0.3) is 0 Å². The summed E-state index contributed by atoms with van der Waals surface area (Å²) in [5.41, 5.74) is 4.91. The van der Waals surface area contributed by atoms with E-state index in [1.54, 1.807) is 18.7 Å². The molecule has 124 valence electrons. The van der Waals surface area contributed by atoms with E-state index < -0.39 is 0 Å². The molecule has 0 saturated heterocycles. The molecule has 0 bridgehead atoms. The zero-order valence-corrected chi connectivity index (χ0v) is 13.4. The van der Waals surface area contributed by atoms with E-state index in [0.717, 1.165) is 33.6 Å². The normalized spacial score (nSPS) is 10.9. The molecule has 2 aromatic carbocycles. The molecular weight excluding hydrogens is 316 g/mol. The van der Waals surface area contributed by atoms with Crippen LogP contribution in [0.2, 0.25) is 0 Å². The maximum Gasteiger partial charge on any atom is 0.119 e. The van der Waals surface area contributed by atoms with Crippen LogP contribution in [0, 0.1) is 0 Å². The van der Waals surface area contributed by atoms with Gasteiger partial charge in [-0.1, -0.05) is 6.07 Å². The summed E-state index contributed by atoms with van der Waals surface area (Å²) in [5.74, 6) is 0.730. The van der Waals surface area contributed by atoms with Crippen LogP contribution in [-0.2, 0) is 0 Å². The summed E-state index contributed by atoms with van der Waals surface area (Å²) < 4.78 is 7.42. The second-order valence-corrected chi connectivity index (χ2v) is 5.51. The van der Waals surface area contributed by atoms with Gasteiger partial charge >= 0.3 is 0 Å². The Kier molecular flexibility index (Phi) is 4.10. The van der Waals surface area contributed by atoms with Gasteiger partial charge < -0.3 is 9.84 Å². The van der Waals surface area contributed by atoms with E-state index in [1.165, 1.54) is 6.33 Å². The Hall–Kier alpha value is -3.25. The molecule has 0 unspecified atom stereocenters. The highest BCUT2D eigenvalue weighted by Crippen LogP contribution is 2.25. The molecule has 2 heterocycles. The quantitative estimate of drug-likeness (QED) is 0.608. The van der Waals surface area contributed by atoms with Crippen LogP contribution in [0.5, 0.6) is 5.75 Å². The summed E-state index contributed by atoms with van der Waals surface area (Å²) in [7, 11) is 0. The third-order valence-electron chi connectivity index (χ3n) is 3.92. The van der Waals surface area contributed by atoms with Gasteiger partial charge in [0.1, 0.15) is 25.0 Å². The lowest BCUT2D eigenvalue weighted by atomic mass is 10.1. The van der Waals surface area contributed by atoms with Crippen LogP contribution >= 0.6 is 0 Å². The molecule has 2 aromatic heterocycles. The highest BCUT2D eigenvalue weighted by Gasteiger charge is 2.07. The van der Waals surface area contributed by atoms with Crippen molar-refractivity contribution < 1.29 is 9.84 Å². The number of benzene rings is 2. The molecule has 0 atom stereocenters. The molecule has 0 fully saturated rings. The maximum atomic E-state index is 8.81. The fourth-order valence-electron chi connectivity index (χ4n) is 2.71. The fraction of sp³-hybridized carbons (Fsp3) is 0.105. The molecule has 6 heteroatoms. The summed E-state index contributed by atoms with van der Waals surface area (Å²) >= 11 is 0. The summed E-state index contributed by atoms with van der Waals surface area (Å²) in [6.07, 6.45) is 6.90. The van der Waals surface area contributed by atoms with Crippen LogP contribution in [0.25, 0.3) is 27.8 Å². The molecule has 1 N–H and O–H groups in total. The second kappa shape index (κ2) is 6.70. The first-order valence-electron chi connectivity index (χ1n) is 7.92. The Morgan fingerprint density at radius 3 is 2.52 bits per heavy atom. The summed E-state index contributed by atoms with van der Waals surface area (Å²) in [4.78, 5) is 12.6. The maximum absolute atomic E-state index is 8.81. The average Bonchev–Trinajstić information content (AvgIpc) is 3.10. The van der Waals surface area contributed by atoms with Crippen molar-refractivity contribution in [2.75, 3.05) is 13.2 Å². The lowest BCUT2D eigenvalue weighted by Crippen LogP contribution is -2.01. The lowest BCUT2D eigenvalue weighted by molar-refractivity contribution is 0.201. The molecule has 0 saturated carbocycles. The Bertz CT molecular complexity index is 981. The van der Waals surface area contributed by atoms with E-state index in [1.807, 2.05) is 47.0 Å². The van der Waals surface area contributed by atoms with Crippen molar-refractivity contribution in [3.63, 3.8) is 0 Å². The van der Waals surface area contributed by atoms with Crippen molar-refractivity contribution in [2.24, 2.45) is 0 Å². The minimum Gasteiger partial charge on any atom is -0.491 e. The van der Waals surface area contributed by atoms with Gasteiger partial charge in [0.15, 0.2) is 0 Å². The zero-order chi connectivity index (χ0) is 17.1. The lowest BCUT2D eigenvalue weighted by Gasteiger charge is -2.08. The molecule has 0 aliphatic carbocycles. The van der Waals surface area contributed by atoms with Gasteiger partial charge in [0.05, 0.1) is 17.6 Å². The number of aromatic nitrogens is 4. The van der Waals surface area contributed by atoms with Gasteiger partial charge in [-0.05, 0) is 42.0 Å². The summed E-state index contributed by atoms with van der Waals surface area (Å²) in [6.45, 7) is 0.294. The molecule has 0 aliphatic rings. The van der Waals surface area contributed by atoms with E-state index in [-0.39, 0.29) is 6.61 Å². The topological polar surface area (TPSA) is 73.1 Å². The van der Waals surface area contributed by atoms with Gasteiger partial charge in [-0.2, -0.15) is 0 Å². The van der Waals surface area contributed by atoms with Gasteiger partial charge in [-0.15, -0.1) is 0 Å². The first kappa shape index (κ1) is 15.3. The molecule has 6 nitrogen and oxygen atoms in total. The number of rotatable bonds is 5. The number of hydrogen-bond acceptors (Lipinski definition) is 5. The molecule has 0 radical (unpaired) electrons. The number of nitrogens with zero attached hydrogens (tertiary/aromatic N) is 4. The van der Waals surface area contributed by atoms with Gasteiger partial charge in [0.2, 0.25) is 0 Å². The third-order valence-corrected chi connectivity index (χ3v) is 3.92. The van der Waals surface area contributed by atoms with Gasteiger partial charge in [-0.25, -0.2) is 15.0 Å². The largest absolute Gasteiger partial charge is 0.491 e. The number of ether oxygens (including phenoxy) is 1. The van der Waals surface area contributed by atoms with E-state index >= 15 is 0 Å². The first-order valence-corrected chi connectivity index (χ1v) is 7.92. The van der Waals surface area contributed by atoms with Crippen molar-refractivity contribution in [3.05, 3.63) is 67.5 Å². The number of imidazole rings is 1. The molecular formula is C19H16N4O2. The van der Waals surface area contributed by atoms with Crippen LogP contribution in [0.15, 0.2) is 67.5 Å². The monoisotopic (exact) mass is 332 g/mol. The van der Waals surface area contributed by atoms with Crippen LogP contribution in [0.3, 0.4) is 0 Å². The smallest absolute Gasteiger partial charge is 0.119 e. The van der Waals surface area contributed by atoms with Crippen molar-refractivity contribution in [1.82, 2.24) is 19.5 Å². The van der Waals surface area contributed by atoms with Crippen molar-refractivity contribution >= 4 is 11.0 Å². The first-order chi connectivity index (χ1) is 12.3. The number of fused-ring (bicyclic) bond motifs is 1. The molecule has 0 aliphatic heterocycles. The van der Waals surface area contributed by atoms with Crippen molar-refractivity contribution in [1.29, 1.82) is 0 Å². The molecule has 4 rings (SSSR count). The number of hydrogen-bond donors (Lipinski definition) is 1. The highest BCUT2D eigenvalue weighted by atomic mass is 16.5. The van der Waals surface area contributed by atoms with Crippen LogP contribution in [-0.4, -0.2) is 37.8 Å². The van der Waals surface area contributed by atoms with Crippen molar-refractivity contribution in [3.8, 4) is 22.6 Å². The highest BCUT2D eigenvalue weighted by molar-refractivity contribution is 5.83. The Morgan fingerprint density at radius 2 is 1.76 bits per heavy atom. The van der Waals surface area contributed by atoms with Gasteiger partial charge in [0, 0.05) is 23.6 Å². The van der Waals surface area contributed by atoms with E-state index in [2.05, 4.69) is 15.0 Å². The SMILES string of the molecule is OCCOc1ccc(-n2cnc3cc(-c4cncnc4)ccc32)cc1. The second-order valence-electron chi connectivity index (χ2n) is 5.51. The molecule has 4 aromatic rings. The minimum absolute atomic E-state index is 0.00268. The van der Waals surface area contributed by atoms with E-state index in [9.17, 15) is 0 Å². The Morgan fingerprint density at radius 1 is 0.960 bits per heavy atom. The third kappa shape index (κ3) is 3.07. The van der Waals surface area contributed by atoms with Crippen LogP contribution in [0.4, 0.5) is 0 Å². The van der Waals surface area contributed by atoms with Crippen molar-refractivity contribution in [2.45, 2.75) is 0 Å². The predicted octanol–water partition coefficient (Wildman–Crippen LogP) is 2.85. The Balaban J connectivity index is 1.67. The molecule has 25 heavy (non-hydrogen) atoms. The zero-order valence-electron chi connectivity index (χ0n) is 13.4. The minimum atomic E-state index is 0.00268. The fourth-order valence-corrected chi connectivity index (χ4v) is 2.71. The number of aliphatic hydroxyl groups is 1. The van der Waals surface area contributed by atoms with Crippen LogP contribution < -0.4 is 4.74 Å². The average molecular weight is 332 g/mol. The molecule has 0 spiro atoms. The molecule has 0 amide bonds. The van der Waals surface area contributed by atoms with E-state index in [0.29, 0.717) is 6.61 Å². The standard InChI is InChI=1S/C19H16N4O2/c24-7-8-25-17-4-2-16(3-5-17)23-13-22-18-9-14(1-6-19(18)23)15-10-20-12-21-11-15/h1-6,9-13,24H,7-8H2. The van der Waals surface area contributed by atoms with Crippen LogP contribution in [0.1, 0.15) is 0 Å². The predicted molar refractivity (Wildman–Crippen MR) is 94.7 cm³/mol. The summed E-state index contributed by atoms with van der Waals surface area (Å²) in [6, 6.07) is 13.8. The summed E-state index contributed by atoms with van der Waals surface area (Å²) in [5, 5.41) is 8.81. The Labute approximate surface area is 144 Å². The number of aliphatic hydroxyl groups excluding tert-OH is 1. The van der Waals surface area contributed by atoms with E-state index in [4.69, 9.17) is 9.84 Å². The van der Waals surface area contributed by atoms with Gasteiger partial charge in [-0.3, -0.25) is 4.57 Å².